The average Bonchev–Trinajstić information content (AvgIpc) is 2.41. The smallest absolute Gasteiger partial charge is 0.347 e. The first-order chi connectivity index (χ1) is 9.56. The summed E-state index contributed by atoms with van der Waals surface area (Å²) < 4.78 is 5.13. The first kappa shape index (κ1) is 16.8. The van der Waals surface area contributed by atoms with Crippen LogP contribution in [0, 0.1) is 0 Å². The van der Waals surface area contributed by atoms with Crippen molar-refractivity contribution in [3.63, 3.8) is 0 Å². The number of esters is 1. The molecule has 0 saturated carbocycles. The van der Waals surface area contributed by atoms with Gasteiger partial charge in [-0.3, -0.25) is 4.79 Å². The van der Waals surface area contributed by atoms with Crippen molar-refractivity contribution in [2.24, 2.45) is 0 Å². The fourth-order valence-corrected chi connectivity index (χ4v) is 1.62. The number of benzene rings is 2. The monoisotopic (exact) mass is 326 g/mol. The van der Waals surface area contributed by atoms with Gasteiger partial charge in [0.15, 0.2) is 0 Å². The Kier molecular flexibility index (Phi) is 5.96. The van der Waals surface area contributed by atoms with Crippen LogP contribution < -0.4 is 10.1 Å². The van der Waals surface area contributed by atoms with Crippen LogP contribution in [0.2, 0.25) is 0 Å². The maximum atomic E-state index is 11.8. The Morgan fingerprint density at radius 2 is 1.67 bits per heavy atom. The summed E-state index contributed by atoms with van der Waals surface area (Å²) >= 11 is 0. The maximum Gasteiger partial charge on any atom is 0.347 e. The number of ether oxygens (including phenoxy) is 1. The number of amides is 1. The number of carbonyl (C=O) groups excluding carboxylic acids is 2. The van der Waals surface area contributed by atoms with Gasteiger partial charge in [0.25, 0.3) is 0 Å². The SMILES string of the molecule is CC(=O)Nc1ccc(OC(=O)c2ccccc2O)cc1.[Mn]. The number of para-hydroxylation sites is 1. The predicted molar refractivity (Wildman–Crippen MR) is 73.8 cm³/mol. The Bertz CT molecular complexity index is 640. The van der Waals surface area contributed by atoms with Crippen molar-refractivity contribution < 1.29 is 36.5 Å². The quantitative estimate of drug-likeness (QED) is 0.516. The van der Waals surface area contributed by atoms with Crippen molar-refractivity contribution in [3.8, 4) is 11.5 Å². The van der Waals surface area contributed by atoms with Crippen LogP contribution >= 0.6 is 0 Å². The van der Waals surface area contributed by atoms with E-state index in [1.54, 1.807) is 36.4 Å². The molecule has 5 nitrogen and oxygen atoms in total. The fourth-order valence-electron chi connectivity index (χ4n) is 1.62. The van der Waals surface area contributed by atoms with E-state index in [2.05, 4.69) is 5.32 Å². The second-order valence-electron chi connectivity index (χ2n) is 4.11. The van der Waals surface area contributed by atoms with Gasteiger partial charge in [-0.05, 0) is 36.4 Å². The maximum absolute atomic E-state index is 11.8. The third-order valence-corrected chi connectivity index (χ3v) is 2.51. The Morgan fingerprint density at radius 1 is 1.05 bits per heavy atom. The number of aromatic hydroxyl groups is 1. The Labute approximate surface area is 132 Å². The van der Waals surface area contributed by atoms with Crippen molar-refractivity contribution in [2.45, 2.75) is 6.92 Å². The number of anilines is 1. The molecule has 2 aromatic rings. The molecular formula is C15H13MnNO4. The summed E-state index contributed by atoms with van der Waals surface area (Å²) in [5.74, 6) is -0.626. The van der Waals surface area contributed by atoms with E-state index in [0.29, 0.717) is 11.4 Å². The van der Waals surface area contributed by atoms with Gasteiger partial charge in [-0.15, -0.1) is 0 Å². The molecule has 0 aliphatic carbocycles. The Hall–Kier alpha value is -2.30. The van der Waals surface area contributed by atoms with E-state index >= 15 is 0 Å². The van der Waals surface area contributed by atoms with Crippen molar-refractivity contribution >= 4 is 17.6 Å². The molecule has 0 saturated heterocycles. The minimum atomic E-state index is -0.643. The number of carbonyl (C=O) groups is 2. The minimum absolute atomic E-state index is 0. The fraction of sp³-hybridized carbons (Fsp3) is 0.0667. The molecule has 2 N–H and O–H groups in total. The topological polar surface area (TPSA) is 75.6 Å². The molecule has 1 amide bonds. The molecule has 2 rings (SSSR count). The summed E-state index contributed by atoms with van der Waals surface area (Å²) in [5, 5.41) is 12.2. The van der Waals surface area contributed by atoms with Crippen LogP contribution in [0.3, 0.4) is 0 Å². The molecule has 109 valence electrons. The van der Waals surface area contributed by atoms with Crippen LogP contribution in [0.1, 0.15) is 17.3 Å². The second-order valence-corrected chi connectivity index (χ2v) is 4.11. The average molecular weight is 326 g/mol. The molecule has 0 aliphatic heterocycles. The third-order valence-electron chi connectivity index (χ3n) is 2.51. The molecule has 0 heterocycles. The minimum Gasteiger partial charge on any atom is -0.507 e. The summed E-state index contributed by atoms with van der Waals surface area (Å²) in [4.78, 5) is 22.7. The Balaban J connectivity index is 0.00000220. The van der Waals surface area contributed by atoms with Gasteiger partial charge in [0.05, 0.1) is 0 Å². The summed E-state index contributed by atoms with van der Waals surface area (Å²) in [6.07, 6.45) is 0. The van der Waals surface area contributed by atoms with Gasteiger partial charge in [0.1, 0.15) is 17.1 Å². The number of rotatable bonds is 3. The van der Waals surface area contributed by atoms with Gasteiger partial charge in [-0.25, -0.2) is 4.79 Å². The van der Waals surface area contributed by atoms with Crippen molar-refractivity contribution in [3.05, 3.63) is 54.1 Å². The molecule has 2 aromatic carbocycles. The van der Waals surface area contributed by atoms with E-state index in [1.165, 1.54) is 19.1 Å². The summed E-state index contributed by atoms with van der Waals surface area (Å²) in [7, 11) is 0. The van der Waals surface area contributed by atoms with E-state index in [0.717, 1.165) is 0 Å². The molecule has 0 fully saturated rings. The Morgan fingerprint density at radius 3 is 2.24 bits per heavy atom. The van der Waals surface area contributed by atoms with Crippen molar-refractivity contribution in [1.82, 2.24) is 0 Å². The van der Waals surface area contributed by atoms with Crippen molar-refractivity contribution in [2.75, 3.05) is 5.32 Å². The number of hydrogen-bond donors (Lipinski definition) is 2. The largest absolute Gasteiger partial charge is 0.507 e. The molecule has 0 unspecified atom stereocenters. The van der Waals surface area contributed by atoms with Gasteiger partial charge in [-0.1, -0.05) is 12.1 Å². The van der Waals surface area contributed by atoms with Gasteiger partial charge in [0, 0.05) is 29.7 Å². The first-order valence-electron chi connectivity index (χ1n) is 5.94. The standard InChI is InChI=1S/C15H13NO4.Mn/c1-10(17)16-11-6-8-12(9-7-11)20-15(19)13-4-2-3-5-14(13)18;/h2-9,18H,1H3,(H,16,17);. The third kappa shape index (κ3) is 4.63. The van der Waals surface area contributed by atoms with E-state index in [1.807, 2.05) is 0 Å². The van der Waals surface area contributed by atoms with Crippen molar-refractivity contribution in [1.29, 1.82) is 0 Å². The van der Waals surface area contributed by atoms with E-state index in [4.69, 9.17) is 4.74 Å². The summed E-state index contributed by atoms with van der Waals surface area (Å²) in [6.45, 7) is 1.41. The zero-order valence-electron chi connectivity index (χ0n) is 11.2. The molecule has 0 aliphatic rings. The van der Waals surface area contributed by atoms with Crippen LogP contribution in [0.15, 0.2) is 48.5 Å². The van der Waals surface area contributed by atoms with Crippen LogP contribution in [0.25, 0.3) is 0 Å². The normalized spacial score (nSPS) is 9.38. The molecular weight excluding hydrogens is 313 g/mol. The molecule has 21 heavy (non-hydrogen) atoms. The second kappa shape index (κ2) is 7.47. The molecule has 0 spiro atoms. The molecule has 1 radical (unpaired) electrons. The summed E-state index contributed by atoms with van der Waals surface area (Å²) in [5.41, 5.74) is 0.707. The van der Waals surface area contributed by atoms with Gasteiger partial charge < -0.3 is 15.2 Å². The molecule has 0 aromatic heterocycles. The predicted octanol–water partition coefficient (Wildman–Crippen LogP) is 2.57. The molecule has 0 bridgehead atoms. The number of hydrogen-bond acceptors (Lipinski definition) is 4. The molecule has 6 heteroatoms. The zero-order valence-corrected chi connectivity index (χ0v) is 12.3. The van der Waals surface area contributed by atoms with Crippen LogP contribution in [-0.2, 0) is 21.9 Å². The van der Waals surface area contributed by atoms with Gasteiger partial charge in [-0.2, -0.15) is 0 Å². The van der Waals surface area contributed by atoms with Gasteiger partial charge >= 0.3 is 5.97 Å². The van der Waals surface area contributed by atoms with E-state index in [-0.39, 0.29) is 34.3 Å². The van der Waals surface area contributed by atoms with Crippen LogP contribution in [0.5, 0.6) is 11.5 Å². The van der Waals surface area contributed by atoms with Crippen LogP contribution in [0.4, 0.5) is 5.69 Å². The van der Waals surface area contributed by atoms with E-state index in [9.17, 15) is 14.7 Å². The number of nitrogens with one attached hydrogen (secondary N) is 1. The first-order valence-corrected chi connectivity index (χ1v) is 5.94. The zero-order chi connectivity index (χ0) is 14.5. The van der Waals surface area contributed by atoms with Crippen LogP contribution in [-0.4, -0.2) is 17.0 Å². The number of phenols is 1. The number of phenolic OH excluding ortho intramolecular Hbond substituents is 1. The summed E-state index contributed by atoms with van der Waals surface area (Å²) in [6, 6.07) is 12.5. The van der Waals surface area contributed by atoms with Gasteiger partial charge in [0.2, 0.25) is 5.91 Å². The molecule has 0 atom stereocenters. The van der Waals surface area contributed by atoms with E-state index < -0.39 is 5.97 Å².